The van der Waals surface area contributed by atoms with Crippen molar-refractivity contribution in [1.82, 2.24) is 14.8 Å². The van der Waals surface area contributed by atoms with E-state index in [1.807, 2.05) is 46.0 Å². The summed E-state index contributed by atoms with van der Waals surface area (Å²) in [4.78, 5) is 27.8. The molecule has 33 heavy (non-hydrogen) atoms. The third-order valence-corrected chi connectivity index (χ3v) is 6.79. The third kappa shape index (κ3) is 5.12. The topological polar surface area (TPSA) is 87.4 Å². The number of hydrogen-bond donors (Lipinski definition) is 1. The van der Waals surface area contributed by atoms with Gasteiger partial charge in [0.25, 0.3) is 5.91 Å². The molecule has 1 aromatic carbocycles. The van der Waals surface area contributed by atoms with Gasteiger partial charge in [-0.05, 0) is 58.1 Å². The molecule has 2 saturated heterocycles. The van der Waals surface area contributed by atoms with E-state index in [9.17, 15) is 14.9 Å². The second-order valence-electron chi connectivity index (χ2n) is 9.17. The summed E-state index contributed by atoms with van der Waals surface area (Å²) in [6, 6.07) is 10.3. The van der Waals surface area contributed by atoms with Gasteiger partial charge in [0.05, 0.1) is 6.10 Å². The Hall–Kier alpha value is -3.11. The number of nitrogens with one attached hydrogen (secondary N) is 1. The maximum Gasteiger partial charge on any atom is 0.262 e. The lowest BCUT2D eigenvalue weighted by Crippen LogP contribution is -2.48. The first-order chi connectivity index (χ1) is 16.0. The predicted octanol–water partition coefficient (Wildman–Crippen LogP) is 3.63. The van der Waals surface area contributed by atoms with E-state index in [1.165, 1.54) is 0 Å². The number of hydrogen-bond acceptors (Lipinski definition) is 4. The summed E-state index contributed by atoms with van der Waals surface area (Å²) in [5.41, 5.74) is 1.70. The molecule has 0 saturated carbocycles. The predicted molar refractivity (Wildman–Crippen MR) is 127 cm³/mol. The molecule has 1 N–H and O–H groups in total. The Morgan fingerprint density at radius 2 is 1.94 bits per heavy atom. The first-order valence-corrected chi connectivity index (χ1v) is 11.9. The van der Waals surface area contributed by atoms with Gasteiger partial charge in [0.1, 0.15) is 18.2 Å². The van der Waals surface area contributed by atoms with Crippen LogP contribution in [-0.4, -0.2) is 52.6 Å². The molecule has 0 bridgehead atoms. The largest absolute Gasteiger partial charge is 0.376 e. The summed E-state index contributed by atoms with van der Waals surface area (Å²) in [5.74, 6) is -0.308. The highest BCUT2D eigenvalue weighted by Crippen LogP contribution is 2.26. The van der Waals surface area contributed by atoms with E-state index < -0.39 is 5.91 Å². The van der Waals surface area contributed by atoms with Crippen LogP contribution in [0, 0.1) is 11.3 Å². The minimum atomic E-state index is -0.406. The molecular formula is C26H32N4O3. The molecule has 3 heterocycles. The summed E-state index contributed by atoms with van der Waals surface area (Å²) in [6.07, 6.45) is 8.62. The Balaban J connectivity index is 1.56. The van der Waals surface area contributed by atoms with Crippen LogP contribution in [0.25, 0.3) is 17.0 Å². The number of piperidine rings is 1. The van der Waals surface area contributed by atoms with E-state index in [2.05, 4.69) is 19.2 Å². The summed E-state index contributed by atoms with van der Waals surface area (Å²) in [5, 5.41) is 13.3. The van der Waals surface area contributed by atoms with Crippen molar-refractivity contribution in [3.05, 3.63) is 41.6 Å². The van der Waals surface area contributed by atoms with Crippen molar-refractivity contribution in [2.24, 2.45) is 0 Å². The Labute approximate surface area is 195 Å². The van der Waals surface area contributed by atoms with Crippen molar-refractivity contribution >= 4 is 28.8 Å². The number of para-hydroxylation sites is 1. The first-order valence-electron chi connectivity index (χ1n) is 11.9. The lowest BCUT2D eigenvalue weighted by atomic mass is 9.97. The average Bonchev–Trinajstić information content (AvgIpc) is 3.44. The molecule has 0 aliphatic carbocycles. The number of carbonyl (C=O) groups excluding carboxylic acids is 2. The Bertz CT molecular complexity index is 1080. The van der Waals surface area contributed by atoms with Gasteiger partial charge in [-0.25, -0.2) is 0 Å². The second-order valence-corrected chi connectivity index (χ2v) is 9.17. The molecule has 2 fully saturated rings. The van der Waals surface area contributed by atoms with E-state index >= 15 is 0 Å². The van der Waals surface area contributed by atoms with Gasteiger partial charge in [0.2, 0.25) is 5.91 Å². The number of nitrogens with zero attached hydrogens (tertiary/aromatic N) is 3. The minimum absolute atomic E-state index is 0.0152. The van der Waals surface area contributed by atoms with Crippen LogP contribution in [0.4, 0.5) is 0 Å². The number of carbonyl (C=O) groups is 2. The summed E-state index contributed by atoms with van der Waals surface area (Å²) < 4.78 is 7.47. The maximum absolute atomic E-state index is 13.2. The van der Waals surface area contributed by atoms with E-state index in [1.54, 1.807) is 6.08 Å². The van der Waals surface area contributed by atoms with Crippen molar-refractivity contribution in [3.63, 3.8) is 0 Å². The summed E-state index contributed by atoms with van der Waals surface area (Å²) in [6.45, 7) is 5.58. The fraction of sp³-hybridized carbons (Fsp3) is 0.500. The number of likely N-dealkylation sites (tertiary alicyclic amines) is 1. The molecule has 0 unspecified atom stereocenters. The molecule has 2 aromatic rings. The lowest BCUT2D eigenvalue weighted by Gasteiger charge is -2.39. The molecule has 2 aliphatic heterocycles. The van der Waals surface area contributed by atoms with Crippen molar-refractivity contribution in [2.45, 2.75) is 70.7 Å². The van der Waals surface area contributed by atoms with Crippen LogP contribution in [-0.2, 0) is 20.9 Å². The number of benzene rings is 1. The molecule has 4 rings (SSSR count). The number of nitriles is 1. The molecule has 2 aliphatic rings. The van der Waals surface area contributed by atoms with Crippen LogP contribution < -0.4 is 5.32 Å². The SMILES string of the molecule is C[C@@H]1CCC[C@@H](C)N1C(=O)Cn1cc(/C=C(\C#N)C(=O)NC[C@@H]2CCCO2)c2ccccc21. The Kier molecular flexibility index (Phi) is 7.14. The van der Waals surface area contributed by atoms with Gasteiger partial charge < -0.3 is 19.5 Å². The number of ether oxygens (including phenoxy) is 1. The van der Waals surface area contributed by atoms with Gasteiger partial charge >= 0.3 is 0 Å². The van der Waals surface area contributed by atoms with Crippen LogP contribution >= 0.6 is 0 Å². The molecule has 3 atom stereocenters. The highest BCUT2D eigenvalue weighted by atomic mass is 16.5. The number of fused-ring (bicyclic) bond motifs is 1. The van der Waals surface area contributed by atoms with E-state index in [4.69, 9.17) is 4.74 Å². The maximum atomic E-state index is 13.2. The fourth-order valence-corrected chi connectivity index (χ4v) is 5.07. The van der Waals surface area contributed by atoms with Crippen molar-refractivity contribution in [1.29, 1.82) is 5.26 Å². The molecule has 2 amide bonds. The van der Waals surface area contributed by atoms with Gasteiger partial charge in [-0.15, -0.1) is 0 Å². The highest BCUT2D eigenvalue weighted by molar-refractivity contribution is 6.04. The Morgan fingerprint density at radius 1 is 1.18 bits per heavy atom. The molecule has 1 aromatic heterocycles. The van der Waals surface area contributed by atoms with Gasteiger partial charge in [0.15, 0.2) is 0 Å². The minimum Gasteiger partial charge on any atom is -0.376 e. The lowest BCUT2D eigenvalue weighted by molar-refractivity contribution is -0.137. The molecular weight excluding hydrogens is 416 g/mol. The number of rotatable bonds is 6. The number of amides is 2. The average molecular weight is 449 g/mol. The van der Waals surface area contributed by atoms with E-state index in [-0.39, 0.29) is 36.2 Å². The Morgan fingerprint density at radius 3 is 2.64 bits per heavy atom. The molecule has 7 nitrogen and oxygen atoms in total. The van der Waals surface area contributed by atoms with Crippen LogP contribution in [0.5, 0.6) is 0 Å². The van der Waals surface area contributed by atoms with Gasteiger partial charge in [-0.3, -0.25) is 9.59 Å². The van der Waals surface area contributed by atoms with Crippen LogP contribution in [0.3, 0.4) is 0 Å². The van der Waals surface area contributed by atoms with Gasteiger partial charge in [-0.2, -0.15) is 5.26 Å². The summed E-state index contributed by atoms with van der Waals surface area (Å²) in [7, 11) is 0. The standard InChI is InChI=1S/C26H32N4O3/c1-18-7-5-8-19(2)30(18)25(31)17-29-16-21(23-10-3-4-11-24(23)29)13-20(14-27)26(32)28-15-22-9-6-12-33-22/h3-4,10-11,13,16,18-19,22H,5-9,12,15,17H2,1-2H3,(H,28,32)/b20-13+/t18-,19-,22+/m1/s1. The molecule has 0 spiro atoms. The summed E-state index contributed by atoms with van der Waals surface area (Å²) >= 11 is 0. The van der Waals surface area contributed by atoms with Crippen molar-refractivity contribution in [3.8, 4) is 6.07 Å². The molecule has 7 heteroatoms. The van der Waals surface area contributed by atoms with Crippen LogP contribution in [0.15, 0.2) is 36.0 Å². The third-order valence-electron chi connectivity index (χ3n) is 6.79. The molecule has 174 valence electrons. The smallest absolute Gasteiger partial charge is 0.262 e. The van der Waals surface area contributed by atoms with Gasteiger partial charge in [-0.1, -0.05) is 18.2 Å². The quantitative estimate of drug-likeness (QED) is 0.540. The highest BCUT2D eigenvalue weighted by Gasteiger charge is 2.29. The van der Waals surface area contributed by atoms with Crippen LogP contribution in [0.1, 0.15) is 51.5 Å². The first kappa shape index (κ1) is 23.1. The van der Waals surface area contributed by atoms with E-state index in [0.29, 0.717) is 13.2 Å². The van der Waals surface area contributed by atoms with E-state index in [0.717, 1.165) is 48.6 Å². The van der Waals surface area contributed by atoms with Crippen molar-refractivity contribution in [2.75, 3.05) is 13.2 Å². The molecule has 0 radical (unpaired) electrons. The monoisotopic (exact) mass is 448 g/mol. The zero-order valence-corrected chi connectivity index (χ0v) is 19.4. The van der Waals surface area contributed by atoms with Crippen LogP contribution in [0.2, 0.25) is 0 Å². The second kappa shape index (κ2) is 10.2. The zero-order valence-electron chi connectivity index (χ0n) is 19.4. The normalized spacial score (nSPS) is 23.5. The van der Waals surface area contributed by atoms with Gasteiger partial charge in [0, 0.05) is 47.9 Å². The van der Waals surface area contributed by atoms with Crippen molar-refractivity contribution < 1.29 is 14.3 Å². The number of aromatic nitrogens is 1. The zero-order chi connectivity index (χ0) is 23.4. The fourth-order valence-electron chi connectivity index (χ4n) is 5.07.